The summed E-state index contributed by atoms with van der Waals surface area (Å²) in [7, 11) is 1.87. The SMILES string of the molecule is CNC1CCN(C2CCc3ccccc32)C1=O. The number of hydrogen-bond donors (Lipinski definition) is 1. The zero-order valence-electron chi connectivity index (χ0n) is 10.1. The van der Waals surface area contributed by atoms with Crippen LogP contribution in [0.3, 0.4) is 0 Å². The molecule has 0 radical (unpaired) electrons. The molecular weight excluding hydrogens is 212 g/mol. The number of nitrogens with zero attached hydrogens (tertiary/aromatic N) is 1. The highest BCUT2D eigenvalue weighted by atomic mass is 16.2. The summed E-state index contributed by atoms with van der Waals surface area (Å²) < 4.78 is 0. The molecular formula is C14H18N2O. The molecule has 2 atom stereocenters. The van der Waals surface area contributed by atoms with E-state index < -0.39 is 0 Å². The molecule has 1 fully saturated rings. The number of carbonyl (C=O) groups is 1. The first-order chi connectivity index (χ1) is 8.31. The molecule has 3 heteroatoms. The summed E-state index contributed by atoms with van der Waals surface area (Å²) in [5, 5.41) is 3.10. The van der Waals surface area contributed by atoms with Crippen LogP contribution in [0.1, 0.15) is 30.0 Å². The third-order valence-electron chi connectivity index (χ3n) is 4.07. The molecule has 0 saturated carbocycles. The number of aryl methyl sites for hydroxylation is 1. The molecule has 3 nitrogen and oxygen atoms in total. The molecule has 2 unspecified atom stereocenters. The third-order valence-corrected chi connectivity index (χ3v) is 4.07. The minimum Gasteiger partial charge on any atom is -0.334 e. The smallest absolute Gasteiger partial charge is 0.240 e. The van der Waals surface area contributed by atoms with Gasteiger partial charge in [-0.1, -0.05) is 24.3 Å². The summed E-state index contributed by atoms with van der Waals surface area (Å²) in [4.78, 5) is 14.3. The third kappa shape index (κ3) is 1.65. The van der Waals surface area contributed by atoms with Crippen LogP contribution in [-0.4, -0.2) is 30.4 Å². The van der Waals surface area contributed by atoms with E-state index in [1.165, 1.54) is 11.1 Å². The Morgan fingerprint density at radius 3 is 2.88 bits per heavy atom. The van der Waals surface area contributed by atoms with E-state index in [4.69, 9.17) is 0 Å². The molecule has 1 heterocycles. The van der Waals surface area contributed by atoms with Gasteiger partial charge >= 0.3 is 0 Å². The van der Waals surface area contributed by atoms with Crippen LogP contribution in [0.2, 0.25) is 0 Å². The van der Waals surface area contributed by atoms with Crippen molar-refractivity contribution in [3.8, 4) is 0 Å². The van der Waals surface area contributed by atoms with E-state index in [0.717, 1.165) is 25.8 Å². The molecule has 1 amide bonds. The van der Waals surface area contributed by atoms with Crippen LogP contribution in [0.4, 0.5) is 0 Å². The number of fused-ring (bicyclic) bond motifs is 1. The van der Waals surface area contributed by atoms with E-state index in [1.54, 1.807) is 0 Å². The van der Waals surface area contributed by atoms with Crippen LogP contribution >= 0.6 is 0 Å². The van der Waals surface area contributed by atoms with Gasteiger partial charge in [0.1, 0.15) is 0 Å². The molecule has 1 aliphatic heterocycles. The first-order valence-corrected chi connectivity index (χ1v) is 6.37. The number of carbonyl (C=O) groups excluding carboxylic acids is 1. The van der Waals surface area contributed by atoms with E-state index in [0.29, 0.717) is 6.04 Å². The van der Waals surface area contributed by atoms with Crippen molar-refractivity contribution < 1.29 is 4.79 Å². The first kappa shape index (κ1) is 10.8. The molecule has 3 rings (SSSR count). The molecule has 2 aliphatic rings. The molecule has 1 aromatic carbocycles. The summed E-state index contributed by atoms with van der Waals surface area (Å²) in [6.45, 7) is 0.892. The van der Waals surface area contributed by atoms with Gasteiger partial charge in [-0.3, -0.25) is 4.79 Å². The number of hydrogen-bond acceptors (Lipinski definition) is 2. The predicted octanol–water partition coefficient (Wildman–Crippen LogP) is 1.49. The maximum Gasteiger partial charge on any atom is 0.240 e. The Bertz CT molecular complexity index is 444. The summed E-state index contributed by atoms with van der Waals surface area (Å²) in [5.74, 6) is 0.272. The lowest BCUT2D eigenvalue weighted by molar-refractivity contribution is -0.131. The molecule has 17 heavy (non-hydrogen) atoms. The lowest BCUT2D eigenvalue weighted by Gasteiger charge is -2.25. The van der Waals surface area contributed by atoms with Gasteiger partial charge in [-0.2, -0.15) is 0 Å². The van der Waals surface area contributed by atoms with Gasteiger partial charge in [0.2, 0.25) is 5.91 Å². The molecule has 1 aromatic rings. The average Bonchev–Trinajstić information content (AvgIpc) is 2.92. The van der Waals surface area contributed by atoms with Gasteiger partial charge in [0.25, 0.3) is 0 Å². The Hall–Kier alpha value is -1.35. The fourth-order valence-electron chi connectivity index (χ4n) is 3.14. The largest absolute Gasteiger partial charge is 0.334 e. The van der Waals surface area contributed by atoms with Crippen molar-refractivity contribution in [1.82, 2.24) is 10.2 Å². The molecule has 1 saturated heterocycles. The number of nitrogens with one attached hydrogen (secondary N) is 1. The summed E-state index contributed by atoms with van der Waals surface area (Å²) >= 11 is 0. The van der Waals surface area contributed by atoms with Crippen molar-refractivity contribution in [2.75, 3.05) is 13.6 Å². The zero-order valence-corrected chi connectivity index (χ0v) is 10.1. The minimum absolute atomic E-state index is 0.0303. The van der Waals surface area contributed by atoms with Crippen LogP contribution in [0.25, 0.3) is 0 Å². The molecule has 0 bridgehead atoms. The van der Waals surface area contributed by atoms with Gasteiger partial charge in [-0.05, 0) is 37.4 Å². The van der Waals surface area contributed by atoms with Gasteiger partial charge in [0.15, 0.2) is 0 Å². The maximum absolute atomic E-state index is 12.2. The maximum atomic E-state index is 12.2. The van der Waals surface area contributed by atoms with Gasteiger partial charge in [-0.25, -0.2) is 0 Å². The fraction of sp³-hybridized carbons (Fsp3) is 0.500. The van der Waals surface area contributed by atoms with E-state index >= 15 is 0 Å². The number of likely N-dealkylation sites (N-methyl/N-ethyl adjacent to an activating group) is 1. The molecule has 1 N–H and O–H groups in total. The standard InChI is InChI=1S/C14H18N2O/c1-15-12-8-9-16(14(12)17)13-7-6-10-4-2-3-5-11(10)13/h2-5,12-13,15H,6-9H2,1H3. The topological polar surface area (TPSA) is 32.3 Å². The van der Waals surface area contributed by atoms with Crippen LogP contribution < -0.4 is 5.32 Å². The molecule has 1 aliphatic carbocycles. The van der Waals surface area contributed by atoms with E-state index in [2.05, 4.69) is 34.5 Å². The second-order valence-electron chi connectivity index (χ2n) is 4.91. The first-order valence-electron chi connectivity index (χ1n) is 6.37. The van der Waals surface area contributed by atoms with Crippen LogP contribution in [-0.2, 0) is 11.2 Å². The van der Waals surface area contributed by atoms with Crippen LogP contribution in [0, 0.1) is 0 Å². The van der Waals surface area contributed by atoms with Crippen molar-refractivity contribution in [1.29, 1.82) is 0 Å². The molecule has 90 valence electrons. The molecule has 0 spiro atoms. The Labute approximate surface area is 102 Å². The minimum atomic E-state index is 0.0303. The van der Waals surface area contributed by atoms with Crippen molar-refractivity contribution in [3.63, 3.8) is 0 Å². The number of likely N-dealkylation sites (tertiary alicyclic amines) is 1. The van der Waals surface area contributed by atoms with Crippen molar-refractivity contribution >= 4 is 5.91 Å². The Balaban J connectivity index is 1.86. The fourth-order valence-corrected chi connectivity index (χ4v) is 3.14. The number of rotatable bonds is 2. The Morgan fingerprint density at radius 1 is 1.29 bits per heavy atom. The van der Waals surface area contributed by atoms with Gasteiger partial charge in [0.05, 0.1) is 12.1 Å². The highest BCUT2D eigenvalue weighted by molar-refractivity contribution is 5.84. The van der Waals surface area contributed by atoms with E-state index in [-0.39, 0.29) is 11.9 Å². The zero-order chi connectivity index (χ0) is 11.8. The number of amides is 1. The van der Waals surface area contributed by atoms with Gasteiger partial charge < -0.3 is 10.2 Å². The van der Waals surface area contributed by atoms with Crippen LogP contribution in [0.5, 0.6) is 0 Å². The monoisotopic (exact) mass is 230 g/mol. The van der Waals surface area contributed by atoms with Crippen molar-refractivity contribution in [2.24, 2.45) is 0 Å². The van der Waals surface area contributed by atoms with Crippen molar-refractivity contribution in [2.45, 2.75) is 31.3 Å². The lowest BCUT2D eigenvalue weighted by atomic mass is 10.1. The van der Waals surface area contributed by atoms with E-state index in [1.807, 2.05) is 7.05 Å². The highest BCUT2D eigenvalue weighted by Gasteiger charge is 2.37. The quantitative estimate of drug-likeness (QED) is 0.835. The Morgan fingerprint density at radius 2 is 2.12 bits per heavy atom. The Kier molecular flexibility index (Phi) is 2.63. The predicted molar refractivity (Wildman–Crippen MR) is 66.7 cm³/mol. The van der Waals surface area contributed by atoms with Gasteiger partial charge in [0, 0.05) is 6.54 Å². The summed E-state index contributed by atoms with van der Waals surface area (Å²) in [6, 6.07) is 8.87. The highest BCUT2D eigenvalue weighted by Crippen LogP contribution is 2.37. The van der Waals surface area contributed by atoms with Crippen LogP contribution in [0.15, 0.2) is 24.3 Å². The second kappa shape index (κ2) is 4.15. The summed E-state index contributed by atoms with van der Waals surface area (Å²) in [5.41, 5.74) is 2.77. The average molecular weight is 230 g/mol. The molecule has 0 aromatic heterocycles. The number of benzene rings is 1. The second-order valence-corrected chi connectivity index (χ2v) is 4.91. The van der Waals surface area contributed by atoms with Crippen molar-refractivity contribution in [3.05, 3.63) is 35.4 Å². The van der Waals surface area contributed by atoms with E-state index in [9.17, 15) is 4.79 Å². The lowest BCUT2D eigenvalue weighted by Crippen LogP contribution is -2.37. The normalized spacial score (nSPS) is 27.6. The van der Waals surface area contributed by atoms with Gasteiger partial charge in [-0.15, -0.1) is 0 Å². The summed E-state index contributed by atoms with van der Waals surface area (Å²) in [6.07, 6.45) is 3.13.